The molecule has 0 saturated carbocycles. The van der Waals surface area contributed by atoms with Gasteiger partial charge in [0.2, 0.25) is 0 Å². The first-order valence-corrected chi connectivity index (χ1v) is 9.72. The van der Waals surface area contributed by atoms with E-state index < -0.39 is 17.2 Å². The monoisotopic (exact) mass is 369 g/mol. The van der Waals surface area contributed by atoms with Crippen LogP contribution in [0, 0.1) is 5.92 Å². The fourth-order valence-corrected chi connectivity index (χ4v) is 2.99. The molecule has 0 aromatic rings. The number of rotatable bonds is 7. The van der Waals surface area contributed by atoms with Crippen molar-refractivity contribution in [2.75, 3.05) is 39.8 Å². The summed E-state index contributed by atoms with van der Waals surface area (Å²) in [6.45, 7) is 16.7. The fraction of sp³-hybridized carbons (Fsp3) is 0.895. The van der Waals surface area contributed by atoms with Crippen LogP contribution >= 0.6 is 0 Å². The van der Waals surface area contributed by atoms with Crippen molar-refractivity contribution in [3.63, 3.8) is 0 Å². The topological polar surface area (TPSA) is 78.0 Å². The predicted octanol–water partition coefficient (Wildman–Crippen LogP) is 2.19. The van der Waals surface area contributed by atoms with Crippen LogP contribution < -0.4 is 16.0 Å². The van der Waals surface area contributed by atoms with Crippen molar-refractivity contribution in [2.24, 2.45) is 10.9 Å². The summed E-state index contributed by atoms with van der Waals surface area (Å²) in [6.07, 6.45) is 2.04. The SMILES string of the molecule is CCCN1CCC(CNC(=NC)NCC(C)(C)NC(=O)OC(C)(C)C)C1. The number of guanidine groups is 1. The molecule has 26 heavy (non-hydrogen) atoms. The highest BCUT2D eigenvalue weighted by atomic mass is 16.6. The third-order valence-electron chi connectivity index (χ3n) is 4.23. The van der Waals surface area contributed by atoms with Crippen LogP contribution in [0.5, 0.6) is 0 Å². The normalized spacial score (nSPS) is 19.3. The van der Waals surface area contributed by atoms with Gasteiger partial charge in [0.15, 0.2) is 5.96 Å². The van der Waals surface area contributed by atoms with Gasteiger partial charge in [-0.2, -0.15) is 0 Å². The van der Waals surface area contributed by atoms with Crippen LogP contribution in [0.2, 0.25) is 0 Å². The molecule has 0 aromatic heterocycles. The van der Waals surface area contributed by atoms with Crippen molar-refractivity contribution in [1.29, 1.82) is 0 Å². The lowest BCUT2D eigenvalue weighted by Gasteiger charge is -2.29. The van der Waals surface area contributed by atoms with E-state index in [2.05, 4.69) is 32.8 Å². The van der Waals surface area contributed by atoms with E-state index in [4.69, 9.17) is 4.74 Å². The molecule has 0 aliphatic carbocycles. The van der Waals surface area contributed by atoms with Gasteiger partial charge in [0.05, 0.1) is 5.54 Å². The van der Waals surface area contributed by atoms with E-state index in [1.165, 1.54) is 25.9 Å². The molecule has 152 valence electrons. The Morgan fingerprint density at radius 3 is 2.50 bits per heavy atom. The van der Waals surface area contributed by atoms with Crippen molar-refractivity contribution in [1.82, 2.24) is 20.9 Å². The minimum atomic E-state index is -0.502. The van der Waals surface area contributed by atoms with E-state index in [9.17, 15) is 4.79 Å². The average Bonchev–Trinajstić information content (AvgIpc) is 2.92. The lowest BCUT2D eigenvalue weighted by molar-refractivity contribution is 0.0474. The highest BCUT2D eigenvalue weighted by Crippen LogP contribution is 2.15. The minimum Gasteiger partial charge on any atom is -0.444 e. The largest absolute Gasteiger partial charge is 0.444 e. The smallest absolute Gasteiger partial charge is 0.408 e. The minimum absolute atomic E-state index is 0.408. The lowest BCUT2D eigenvalue weighted by atomic mass is 10.1. The zero-order valence-corrected chi connectivity index (χ0v) is 17.7. The molecule has 1 saturated heterocycles. The molecule has 7 heteroatoms. The summed E-state index contributed by atoms with van der Waals surface area (Å²) in [5.74, 6) is 1.42. The molecule has 1 rings (SSSR count). The molecular weight excluding hydrogens is 330 g/mol. The van der Waals surface area contributed by atoms with Crippen molar-refractivity contribution in [3.05, 3.63) is 0 Å². The van der Waals surface area contributed by atoms with Gasteiger partial charge in [0.25, 0.3) is 0 Å². The van der Waals surface area contributed by atoms with Gasteiger partial charge in [-0.15, -0.1) is 0 Å². The molecule has 1 amide bonds. The average molecular weight is 370 g/mol. The van der Waals surface area contributed by atoms with Gasteiger partial charge in [0, 0.05) is 26.7 Å². The van der Waals surface area contributed by atoms with Crippen LogP contribution in [-0.4, -0.2) is 67.9 Å². The Kier molecular flexibility index (Phi) is 8.67. The summed E-state index contributed by atoms with van der Waals surface area (Å²) in [5, 5.41) is 9.60. The molecule has 0 radical (unpaired) electrons. The van der Waals surface area contributed by atoms with Crippen LogP contribution in [0.1, 0.15) is 54.4 Å². The molecule has 0 aromatic carbocycles. The van der Waals surface area contributed by atoms with Gasteiger partial charge in [0.1, 0.15) is 5.60 Å². The Labute approximate surface area is 159 Å². The molecule has 1 aliphatic heterocycles. The summed E-state index contributed by atoms with van der Waals surface area (Å²) in [5.41, 5.74) is -0.955. The van der Waals surface area contributed by atoms with Gasteiger partial charge in [-0.25, -0.2) is 4.79 Å². The van der Waals surface area contributed by atoms with Crippen LogP contribution in [0.25, 0.3) is 0 Å². The number of likely N-dealkylation sites (tertiary alicyclic amines) is 1. The zero-order valence-electron chi connectivity index (χ0n) is 17.7. The van der Waals surface area contributed by atoms with Crippen LogP contribution in [0.4, 0.5) is 4.79 Å². The van der Waals surface area contributed by atoms with Crippen LogP contribution in [0.15, 0.2) is 4.99 Å². The summed E-state index contributed by atoms with van der Waals surface area (Å²) in [7, 11) is 1.77. The van der Waals surface area contributed by atoms with Gasteiger partial charge in [-0.05, 0) is 66.5 Å². The Morgan fingerprint density at radius 1 is 1.23 bits per heavy atom. The van der Waals surface area contributed by atoms with Gasteiger partial charge in [-0.3, -0.25) is 4.99 Å². The molecular formula is C19H39N5O2. The molecule has 7 nitrogen and oxygen atoms in total. The maximum atomic E-state index is 12.0. The van der Waals surface area contributed by atoms with Crippen LogP contribution in [-0.2, 0) is 4.74 Å². The number of nitrogens with one attached hydrogen (secondary N) is 3. The Bertz CT molecular complexity index is 471. The number of carbonyl (C=O) groups is 1. The molecule has 3 N–H and O–H groups in total. The number of amides is 1. The lowest BCUT2D eigenvalue weighted by Crippen LogP contribution is -2.54. The predicted molar refractivity (Wildman–Crippen MR) is 108 cm³/mol. The molecule has 1 fully saturated rings. The second kappa shape index (κ2) is 10.00. The number of nitrogens with zero attached hydrogens (tertiary/aromatic N) is 2. The molecule has 1 unspecified atom stereocenters. The van der Waals surface area contributed by atoms with E-state index >= 15 is 0 Å². The van der Waals surface area contributed by atoms with E-state index in [1.807, 2.05) is 34.6 Å². The molecule has 1 heterocycles. The number of ether oxygens (including phenoxy) is 1. The first-order chi connectivity index (χ1) is 12.0. The molecule has 1 atom stereocenters. The van der Waals surface area contributed by atoms with Crippen molar-refractivity contribution < 1.29 is 9.53 Å². The standard InChI is InChI=1S/C19H39N5O2/c1-8-10-24-11-9-15(13-24)12-21-16(20-7)22-14-19(5,6)23-17(25)26-18(2,3)4/h15H,8-14H2,1-7H3,(H,23,25)(H2,20,21,22). The van der Waals surface area contributed by atoms with E-state index in [-0.39, 0.29) is 0 Å². The van der Waals surface area contributed by atoms with E-state index in [1.54, 1.807) is 7.05 Å². The van der Waals surface area contributed by atoms with Crippen molar-refractivity contribution in [3.8, 4) is 0 Å². The first-order valence-electron chi connectivity index (χ1n) is 9.72. The second-order valence-electron chi connectivity index (χ2n) is 8.77. The number of carbonyl (C=O) groups excluding carboxylic acids is 1. The van der Waals surface area contributed by atoms with Crippen molar-refractivity contribution in [2.45, 2.75) is 65.5 Å². The summed E-state index contributed by atoms with van der Waals surface area (Å²) in [6, 6.07) is 0. The van der Waals surface area contributed by atoms with Crippen LogP contribution in [0.3, 0.4) is 0 Å². The fourth-order valence-electron chi connectivity index (χ4n) is 2.99. The summed E-state index contributed by atoms with van der Waals surface area (Å²) >= 11 is 0. The quantitative estimate of drug-likeness (QED) is 0.474. The Hall–Kier alpha value is -1.50. The first kappa shape index (κ1) is 22.5. The Balaban J connectivity index is 2.35. The van der Waals surface area contributed by atoms with E-state index in [0.717, 1.165) is 19.0 Å². The van der Waals surface area contributed by atoms with Crippen molar-refractivity contribution >= 4 is 12.1 Å². The number of alkyl carbamates (subject to hydrolysis) is 1. The Morgan fingerprint density at radius 2 is 1.92 bits per heavy atom. The van der Waals surface area contributed by atoms with Gasteiger partial charge >= 0.3 is 6.09 Å². The maximum Gasteiger partial charge on any atom is 0.408 e. The third kappa shape index (κ3) is 9.27. The molecule has 0 spiro atoms. The molecule has 1 aliphatic rings. The second-order valence-corrected chi connectivity index (χ2v) is 8.77. The molecule has 0 bridgehead atoms. The highest BCUT2D eigenvalue weighted by Gasteiger charge is 2.25. The third-order valence-corrected chi connectivity index (χ3v) is 4.23. The highest BCUT2D eigenvalue weighted by molar-refractivity contribution is 5.79. The number of hydrogen-bond donors (Lipinski definition) is 3. The van der Waals surface area contributed by atoms with E-state index in [0.29, 0.717) is 12.5 Å². The number of hydrogen-bond acceptors (Lipinski definition) is 4. The summed E-state index contributed by atoms with van der Waals surface area (Å²) < 4.78 is 5.32. The number of aliphatic imine (C=N–C) groups is 1. The van der Waals surface area contributed by atoms with Gasteiger partial charge in [-0.1, -0.05) is 6.92 Å². The maximum absolute atomic E-state index is 12.0. The van der Waals surface area contributed by atoms with Gasteiger partial charge < -0.3 is 25.6 Å². The summed E-state index contributed by atoms with van der Waals surface area (Å²) in [4.78, 5) is 18.8. The zero-order chi connectivity index (χ0) is 19.8.